The van der Waals surface area contributed by atoms with Gasteiger partial charge in [0.05, 0.1) is 38.2 Å². The van der Waals surface area contributed by atoms with Crippen LogP contribution in [-0.2, 0) is 0 Å². The number of nitriles is 1. The molecule has 0 atom stereocenters. The normalized spacial score (nSPS) is 10.7. The highest BCUT2D eigenvalue weighted by Crippen LogP contribution is 2.25. The third kappa shape index (κ3) is 4.00. The van der Waals surface area contributed by atoms with Crippen LogP contribution < -0.4 is 11.3 Å². The van der Waals surface area contributed by atoms with Gasteiger partial charge in [-0.05, 0) is 72.5 Å². The van der Waals surface area contributed by atoms with Crippen molar-refractivity contribution in [3.63, 3.8) is 0 Å². The summed E-state index contributed by atoms with van der Waals surface area (Å²) >= 11 is 5.52. The Morgan fingerprint density at radius 3 is 2.32 bits per heavy atom. The van der Waals surface area contributed by atoms with Crippen LogP contribution in [0, 0.1) is 10.7 Å². The summed E-state index contributed by atoms with van der Waals surface area (Å²) in [5.74, 6) is 0.113. The van der Waals surface area contributed by atoms with Crippen molar-refractivity contribution in [3.05, 3.63) is 75.6 Å². The van der Waals surface area contributed by atoms with E-state index < -0.39 is 11.3 Å². The van der Waals surface area contributed by atoms with Crippen LogP contribution in [-0.4, -0.2) is 20.1 Å². The third-order valence-electron chi connectivity index (χ3n) is 4.78. The Hall–Kier alpha value is -4.49. The highest BCUT2D eigenvalue weighted by atomic mass is 32.2. The van der Waals surface area contributed by atoms with Crippen LogP contribution in [0.25, 0.3) is 44.8 Å². The Balaban J connectivity index is 1.51. The van der Waals surface area contributed by atoms with Crippen molar-refractivity contribution in [2.24, 2.45) is 4.99 Å². The first-order valence-electron chi connectivity index (χ1n) is 9.56. The average molecular weight is 483 g/mol. The number of nitrogens with zero attached hydrogens (tertiary/aromatic N) is 5. The van der Waals surface area contributed by atoms with Gasteiger partial charge in [0.1, 0.15) is 11.1 Å². The molecule has 5 rings (SSSR count). The number of benzene rings is 2. The van der Waals surface area contributed by atoms with E-state index in [0.717, 1.165) is 11.8 Å². The van der Waals surface area contributed by atoms with E-state index in [0.29, 0.717) is 32.9 Å². The van der Waals surface area contributed by atoms with Gasteiger partial charge in [-0.15, -0.1) is 0 Å². The van der Waals surface area contributed by atoms with E-state index in [9.17, 15) is 9.59 Å². The number of thiocyanates is 1. The molecule has 3 heterocycles. The number of isothiocyanates is 1. The van der Waals surface area contributed by atoms with E-state index >= 15 is 0 Å². The maximum Gasteiger partial charge on any atom is 0.347 e. The molecule has 0 saturated carbocycles. The molecule has 0 fully saturated rings. The number of thiocarbonyl (C=S) groups is 1. The zero-order valence-corrected chi connectivity index (χ0v) is 18.5. The lowest BCUT2D eigenvalue weighted by atomic mass is 10.2. The van der Waals surface area contributed by atoms with Crippen LogP contribution in [0.1, 0.15) is 0 Å². The molecule has 0 aliphatic rings. The molecule has 0 saturated heterocycles. The van der Waals surface area contributed by atoms with Crippen LogP contribution in [0.5, 0.6) is 0 Å². The minimum absolute atomic E-state index is 0.0329. The summed E-state index contributed by atoms with van der Waals surface area (Å²) < 4.78 is 10.7. The highest BCUT2D eigenvalue weighted by Gasteiger charge is 2.13. The molecule has 0 aliphatic heterocycles. The van der Waals surface area contributed by atoms with Gasteiger partial charge in [0.2, 0.25) is 11.8 Å². The molecule has 5 aromatic rings. The standard InChI is InChI=1S/C23H9N5O4S2/c24-10-34-14-3-6-18-16(8-14)23(30)31-20(27-18)12-1-4-19(25-9-12)21-28-17-5-2-13(26-11-33)7-15(17)22(29)32-21/h1-9H. The lowest BCUT2D eigenvalue weighted by molar-refractivity contribution is 0.514. The van der Waals surface area contributed by atoms with Crippen molar-refractivity contribution in [3.8, 4) is 28.4 Å². The number of aromatic nitrogens is 3. The summed E-state index contributed by atoms with van der Waals surface area (Å²) in [4.78, 5) is 42.4. The number of thioether (sulfide) groups is 1. The van der Waals surface area contributed by atoms with E-state index in [1.54, 1.807) is 42.5 Å². The molecular weight excluding hydrogens is 474 g/mol. The van der Waals surface area contributed by atoms with Crippen LogP contribution in [0.2, 0.25) is 0 Å². The average Bonchev–Trinajstić information content (AvgIpc) is 2.85. The predicted octanol–water partition coefficient (Wildman–Crippen LogP) is 4.73. The lowest BCUT2D eigenvalue weighted by Gasteiger charge is -2.04. The van der Waals surface area contributed by atoms with E-state index in [4.69, 9.17) is 14.1 Å². The van der Waals surface area contributed by atoms with Gasteiger partial charge in [0.15, 0.2) is 0 Å². The largest absolute Gasteiger partial charge is 0.403 e. The number of pyridine rings is 1. The summed E-state index contributed by atoms with van der Waals surface area (Å²) in [7, 11) is 0. The molecule has 0 radical (unpaired) electrons. The second kappa shape index (κ2) is 8.80. The smallest absolute Gasteiger partial charge is 0.347 e. The number of aliphatic imine (C=N–C) groups is 1. The minimum Gasteiger partial charge on any atom is -0.403 e. The minimum atomic E-state index is -0.594. The van der Waals surface area contributed by atoms with Gasteiger partial charge < -0.3 is 8.83 Å². The third-order valence-corrected chi connectivity index (χ3v) is 5.45. The topological polar surface area (TPSA) is 135 Å². The zero-order valence-electron chi connectivity index (χ0n) is 16.9. The summed E-state index contributed by atoms with van der Waals surface area (Å²) in [6.45, 7) is 0. The fourth-order valence-electron chi connectivity index (χ4n) is 3.23. The molecule has 162 valence electrons. The van der Waals surface area contributed by atoms with Crippen LogP contribution in [0.4, 0.5) is 5.69 Å². The second-order valence-corrected chi connectivity index (χ2v) is 7.86. The molecular formula is C23H9N5O4S2. The maximum atomic E-state index is 12.4. The van der Waals surface area contributed by atoms with Crippen molar-refractivity contribution in [2.45, 2.75) is 4.90 Å². The molecule has 9 nitrogen and oxygen atoms in total. The van der Waals surface area contributed by atoms with Crippen LogP contribution in [0.15, 0.2) is 83.0 Å². The number of hydrogen-bond donors (Lipinski definition) is 0. The summed E-state index contributed by atoms with van der Waals surface area (Å²) in [6.07, 6.45) is 1.44. The maximum absolute atomic E-state index is 12.4. The Bertz CT molecular complexity index is 1800. The summed E-state index contributed by atoms with van der Waals surface area (Å²) in [5.41, 5.74) is 0.895. The van der Waals surface area contributed by atoms with E-state index in [1.807, 2.05) is 5.40 Å². The van der Waals surface area contributed by atoms with Gasteiger partial charge in [-0.1, -0.05) is 0 Å². The van der Waals surface area contributed by atoms with Crippen molar-refractivity contribution >= 4 is 56.6 Å². The molecule has 2 aromatic carbocycles. The fraction of sp³-hybridized carbons (Fsp3) is 0. The molecule has 0 unspecified atom stereocenters. The summed E-state index contributed by atoms with van der Waals surface area (Å²) in [5, 5.41) is 13.5. The fourth-order valence-corrected chi connectivity index (χ4v) is 3.75. The van der Waals surface area contributed by atoms with Crippen molar-refractivity contribution in [1.82, 2.24) is 15.0 Å². The van der Waals surface area contributed by atoms with Crippen LogP contribution in [0.3, 0.4) is 0 Å². The van der Waals surface area contributed by atoms with Crippen LogP contribution >= 0.6 is 24.0 Å². The van der Waals surface area contributed by atoms with Gasteiger partial charge in [-0.2, -0.15) is 10.3 Å². The van der Waals surface area contributed by atoms with Gasteiger partial charge in [-0.25, -0.2) is 19.6 Å². The van der Waals surface area contributed by atoms with Gasteiger partial charge in [0, 0.05) is 11.1 Å². The molecule has 0 spiro atoms. The molecule has 0 N–H and O–H groups in total. The Labute approximate surface area is 199 Å². The molecule has 11 heteroatoms. The first kappa shape index (κ1) is 21.4. The van der Waals surface area contributed by atoms with Crippen molar-refractivity contribution in [2.75, 3.05) is 0 Å². The molecule has 34 heavy (non-hydrogen) atoms. The van der Waals surface area contributed by atoms with Crippen molar-refractivity contribution in [1.29, 1.82) is 5.26 Å². The number of fused-ring (bicyclic) bond motifs is 2. The lowest BCUT2D eigenvalue weighted by Crippen LogP contribution is -2.04. The van der Waals surface area contributed by atoms with E-state index in [-0.39, 0.29) is 22.6 Å². The second-order valence-electron chi connectivity index (χ2n) is 6.82. The molecule has 3 aromatic heterocycles. The Morgan fingerprint density at radius 2 is 1.62 bits per heavy atom. The quantitative estimate of drug-likeness (QED) is 0.153. The van der Waals surface area contributed by atoms with Gasteiger partial charge >= 0.3 is 11.3 Å². The van der Waals surface area contributed by atoms with E-state index in [2.05, 4.69) is 37.3 Å². The number of rotatable bonds is 4. The van der Waals surface area contributed by atoms with Gasteiger partial charge in [0.25, 0.3) is 0 Å². The molecule has 0 amide bonds. The zero-order chi connectivity index (χ0) is 23.7. The first-order valence-corrected chi connectivity index (χ1v) is 10.8. The summed E-state index contributed by atoms with van der Waals surface area (Å²) in [6, 6.07) is 12.9. The van der Waals surface area contributed by atoms with Crippen molar-refractivity contribution < 1.29 is 8.83 Å². The van der Waals surface area contributed by atoms with E-state index in [1.165, 1.54) is 12.3 Å². The monoisotopic (exact) mass is 483 g/mol. The molecule has 0 aliphatic carbocycles. The molecule has 0 bridgehead atoms. The van der Waals surface area contributed by atoms with Gasteiger partial charge in [-0.3, -0.25) is 4.98 Å². The highest BCUT2D eigenvalue weighted by molar-refractivity contribution is 8.03. The SMILES string of the molecule is N#CSc1ccc2nc(-c3ccc(-c4nc5ccc(N=C=S)cc5c(=O)o4)nc3)oc(=O)c2c1. The Morgan fingerprint density at radius 1 is 0.912 bits per heavy atom. The Kier molecular flexibility index (Phi) is 5.53. The number of hydrogen-bond acceptors (Lipinski definition) is 11. The first-order chi connectivity index (χ1) is 16.6. The predicted molar refractivity (Wildman–Crippen MR) is 129 cm³/mol.